The van der Waals surface area contributed by atoms with Crippen molar-refractivity contribution in [2.75, 3.05) is 32.7 Å². The number of aromatic nitrogens is 2. The molecule has 0 unspecified atom stereocenters. The lowest BCUT2D eigenvalue weighted by Gasteiger charge is -2.35. The van der Waals surface area contributed by atoms with E-state index in [4.69, 9.17) is 0 Å². The molecule has 0 bridgehead atoms. The molecule has 1 aromatic rings. The highest BCUT2D eigenvalue weighted by Gasteiger charge is 2.25. The zero-order valence-electron chi connectivity index (χ0n) is 14.6. The van der Waals surface area contributed by atoms with Gasteiger partial charge in [-0.2, -0.15) is 0 Å². The first kappa shape index (κ1) is 16.5. The molecule has 0 radical (unpaired) electrons. The highest BCUT2D eigenvalue weighted by molar-refractivity contribution is 5.78. The van der Waals surface area contributed by atoms with Crippen LogP contribution in [0.4, 0.5) is 0 Å². The molecule has 3 heterocycles. The monoisotopic (exact) mass is 318 g/mol. The Balaban J connectivity index is 1.40. The molecule has 2 fully saturated rings. The van der Waals surface area contributed by atoms with Gasteiger partial charge in [0, 0.05) is 32.0 Å². The summed E-state index contributed by atoms with van der Waals surface area (Å²) in [7, 11) is 0. The summed E-state index contributed by atoms with van der Waals surface area (Å²) in [6, 6.07) is 0. The van der Waals surface area contributed by atoms with Gasteiger partial charge < -0.3 is 9.47 Å². The highest BCUT2D eigenvalue weighted by Crippen LogP contribution is 2.21. The normalized spacial score (nSPS) is 21.7. The molecule has 5 heteroatoms. The molecule has 5 nitrogen and oxygen atoms in total. The van der Waals surface area contributed by atoms with E-state index in [1.807, 2.05) is 6.20 Å². The summed E-state index contributed by atoms with van der Waals surface area (Å²) in [6.07, 6.45) is 8.64. The lowest BCUT2D eigenvalue weighted by Crippen LogP contribution is -2.46. The SMILES string of the molecule is Cc1nccn1CC1CCN(CC(=O)N2CCC(C)CC2)CC1. The molecule has 2 aliphatic rings. The van der Waals surface area contributed by atoms with Crippen LogP contribution in [0.1, 0.15) is 38.4 Å². The Morgan fingerprint density at radius 2 is 1.87 bits per heavy atom. The van der Waals surface area contributed by atoms with Crippen LogP contribution in [-0.4, -0.2) is 58.0 Å². The summed E-state index contributed by atoms with van der Waals surface area (Å²) >= 11 is 0. The molecule has 2 aliphatic heterocycles. The van der Waals surface area contributed by atoms with Gasteiger partial charge in [0.2, 0.25) is 5.91 Å². The van der Waals surface area contributed by atoms with Crippen molar-refractivity contribution in [2.24, 2.45) is 11.8 Å². The van der Waals surface area contributed by atoms with E-state index in [-0.39, 0.29) is 0 Å². The first-order valence-electron chi connectivity index (χ1n) is 9.09. The second-order valence-electron chi connectivity index (χ2n) is 7.41. The number of rotatable bonds is 4. The molecule has 2 saturated heterocycles. The molecule has 0 saturated carbocycles. The van der Waals surface area contributed by atoms with Crippen LogP contribution in [0.3, 0.4) is 0 Å². The predicted molar refractivity (Wildman–Crippen MR) is 91.1 cm³/mol. The molecule has 1 amide bonds. The van der Waals surface area contributed by atoms with Crippen LogP contribution in [0, 0.1) is 18.8 Å². The average Bonchev–Trinajstić information content (AvgIpc) is 2.95. The van der Waals surface area contributed by atoms with Crippen molar-refractivity contribution in [3.63, 3.8) is 0 Å². The minimum atomic E-state index is 0.334. The lowest BCUT2D eigenvalue weighted by molar-refractivity contribution is -0.134. The van der Waals surface area contributed by atoms with Gasteiger partial charge in [0.05, 0.1) is 6.54 Å². The fraction of sp³-hybridized carbons (Fsp3) is 0.778. The van der Waals surface area contributed by atoms with Crippen molar-refractivity contribution in [2.45, 2.75) is 46.1 Å². The minimum Gasteiger partial charge on any atom is -0.342 e. The zero-order valence-corrected chi connectivity index (χ0v) is 14.6. The average molecular weight is 318 g/mol. The number of carbonyl (C=O) groups is 1. The van der Waals surface area contributed by atoms with E-state index in [9.17, 15) is 4.79 Å². The molecular weight excluding hydrogens is 288 g/mol. The maximum atomic E-state index is 12.4. The summed E-state index contributed by atoms with van der Waals surface area (Å²) in [4.78, 5) is 21.1. The fourth-order valence-corrected chi connectivity index (χ4v) is 3.75. The van der Waals surface area contributed by atoms with Gasteiger partial charge in [0.1, 0.15) is 5.82 Å². The quantitative estimate of drug-likeness (QED) is 0.854. The van der Waals surface area contributed by atoms with Crippen molar-refractivity contribution >= 4 is 5.91 Å². The number of hydrogen-bond donors (Lipinski definition) is 0. The van der Waals surface area contributed by atoms with Crippen LogP contribution in [0.15, 0.2) is 12.4 Å². The van der Waals surface area contributed by atoms with Crippen LogP contribution >= 0.6 is 0 Å². The first-order chi connectivity index (χ1) is 11.1. The summed E-state index contributed by atoms with van der Waals surface area (Å²) < 4.78 is 2.25. The summed E-state index contributed by atoms with van der Waals surface area (Å²) in [5.74, 6) is 2.93. The lowest BCUT2D eigenvalue weighted by atomic mass is 9.96. The Bertz CT molecular complexity index is 511. The third kappa shape index (κ3) is 4.34. The van der Waals surface area contributed by atoms with E-state index < -0.39 is 0 Å². The van der Waals surface area contributed by atoms with Crippen LogP contribution in [-0.2, 0) is 11.3 Å². The number of likely N-dealkylation sites (tertiary alicyclic amines) is 2. The van der Waals surface area contributed by atoms with Gasteiger partial charge in [-0.15, -0.1) is 0 Å². The van der Waals surface area contributed by atoms with Crippen molar-refractivity contribution in [3.05, 3.63) is 18.2 Å². The number of hydrogen-bond acceptors (Lipinski definition) is 3. The van der Waals surface area contributed by atoms with E-state index in [2.05, 4.69) is 39.4 Å². The van der Waals surface area contributed by atoms with Crippen molar-refractivity contribution in [1.82, 2.24) is 19.4 Å². The molecule has 128 valence electrons. The van der Waals surface area contributed by atoms with Gasteiger partial charge in [0.15, 0.2) is 0 Å². The Kier molecular flexibility index (Phi) is 5.36. The van der Waals surface area contributed by atoms with Crippen LogP contribution in [0.5, 0.6) is 0 Å². The van der Waals surface area contributed by atoms with Gasteiger partial charge in [0.25, 0.3) is 0 Å². The molecule has 23 heavy (non-hydrogen) atoms. The number of aryl methyl sites for hydroxylation is 1. The largest absolute Gasteiger partial charge is 0.342 e. The van der Waals surface area contributed by atoms with Crippen LogP contribution < -0.4 is 0 Å². The smallest absolute Gasteiger partial charge is 0.236 e. The topological polar surface area (TPSA) is 41.4 Å². The number of piperidine rings is 2. The standard InChI is InChI=1S/C18H30N4O/c1-15-3-10-21(11-4-15)18(23)14-20-8-5-17(6-9-20)13-22-12-7-19-16(22)2/h7,12,15,17H,3-6,8-11,13-14H2,1-2H3. The van der Waals surface area contributed by atoms with Gasteiger partial charge in [-0.05, 0) is 57.5 Å². The van der Waals surface area contributed by atoms with E-state index in [0.717, 1.165) is 57.3 Å². The summed E-state index contributed by atoms with van der Waals surface area (Å²) in [5, 5.41) is 0. The fourth-order valence-electron chi connectivity index (χ4n) is 3.75. The minimum absolute atomic E-state index is 0.334. The third-order valence-corrected chi connectivity index (χ3v) is 5.58. The molecule has 3 rings (SSSR count). The highest BCUT2D eigenvalue weighted by atomic mass is 16.2. The number of imidazole rings is 1. The number of carbonyl (C=O) groups excluding carboxylic acids is 1. The predicted octanol–water partition coefficient (Wildman–Crippen LogP) is 2.16. The van der Waals surface area contributed by atoms with Crippen molar-refractivity contribution in [1.29, 1.82) is 0 Å². The maximum Gasteiger partial charge on any atom is 0.236 e. The Morgan fingerprint density at radius 1 is 1.17 bits per heavy atom. The second kappa shape index (κ2) is 7.47. The molecule has 1 aromatic heterocycles. The van der Waals surface area contributed by atoms with Gasteiger partial charge >= 0.3 is 0 Å². The van der Waals surface area contributed by atoms with Gasteiger partial charge in [-0.3, -0.25) is 9.69 Å². The Hall–Kier alpha value is -1.36. The van der Waals surface area contributed by atoms with Gasteiger partial charge in [-0.25, -0.2) is 4.98 Å². The molecular formula is C18H30N4O. The van der Waals surface area contributed by atoms with E-state index in [1.54, 1.807) is 0 Å². The van der Waals surface area contributed by atoms with Crippen molar-refractivity contribution < 1.29 is 4.79 Å². The second-order valence-corrected chi connectivity index (χ2v) is 7.41. The van der Waals surface area contributed by atoms with E-state index in [0.29, 0.717) is 18.4 Å². The maximum absolute atomic E-state index is 12.4. The van der Waals surface area contributed by atoms with E-state index >= 15 is 0 Å². The van der Waals surface area contributed by atoms with Gasteiger partial charge in [-0.1, -0.05) is 6.92 Å². The molecule has 0 atom stereocenters. The zero-order chi connectivity index (χ0) is 16.2. The summed E-state index contributed by atoms with van der Waals surface area (Å²) in [5.41, 5.74) is 0. The van der Waals surface area contributed by atoms with E-state index in [1.165, 1.54) is 12.8 Å². The third-order valence-electron chi connectivity index (χ3n) is 5.58. The molecule has 0 aromatic carbocycles. The summed E-state index contributed by atoms with van der Waals surface area (Å²) in [6.45, 7) is 10.0. The Labute approximate surface area is 139 Å². The number of amides is 1. The molecule has 0 N–H and O–H groups in total. The Morgan fingerprint density at radius 3 is 2.48 bits per heavy atom. The van der Waals surface area contributed by atoms with Crippen LogP contribution in [0.25, 0.3) is 0 Å². The number of nitrogens with zero attached hydrogens (tertiary/aromatic N) is 4. The first-order valence-corrected chi connectivity index (χ1v) is 9.09. The van der Waals surface area contributed by atoms with Crippen molar-refractivity contribution in [3.8, 4) is 0 Å². The molecule has 0 aliphatic carbocycles. The molecule has 0 spiro atoms. The van der Waals surface area contributed by atoms with Crippen LogP contribution in [0.2, 0.25) is 0 Å².